The normalized spacial score (nSPS) is 14.7. The number of hydrogen-bond acceptors (Lipinski definition) is 2. The van der Waals surface area contributed by atoms with Gasteiger partial charge in [-0.3, -0.25) is 0 Å². The van der Waals surface area contributed by atoms with Gasteiger partial charge in [0.15, 0.2) is 0 Å². The molecule has 2 heteroatoms. The first-order valence-electron chi connectivity index (χ1n) is 5.25. The first kappa shape index (κ1) is 13.4. The zero-order valence-electron chi connectivity index (χ0n) is 9.37. The van der Waals surface area contributed by atoms with Crippen LogP contribution in [0, 0.1) is 0 Å². The first-order valence-corrected chi connectivity index (χ1v) is 5.25. The third-order valence-corrected chi connectivity index (χ3v) is 2.08. The minimum Gasteiger partial charge on any atom is -0.371 e. The highest BCUT2D eigenvalue weighted by Crippen LogP contribution is 2.12. The van der Waals surface area contributed by atoms with Gasteiger partial charge < -0.3 is 9.47 Å². The maximum Gasteiger partial charge on any atom is 0.0838 e. The molecule has 0 spiro atoms. The van der Waals surface area contributed by atoms with Crippen molar-refractivity contribution in [3.05, 3.63) is 25.3 Å². The SMILES string of the molecule is C=CCO[C@@H](CC)[C@@H](CC)OCC=C. The summed E-state index contributed by atoms with van der Waals surface area (Å²) < 4.78 is 11.2. The van der Waals surface area contributed by atoms with E-state index in [4.69, 9.17) is 9.47 Å². The van der Waals surface area contributed by atoms with E-state index in [1.165, 1.54) is 0 Å². The lowest BCUT2D eigenvalue weighted by Crippen LogP contribution is -2.31. The summed E-state index contributed by atoms with van der Waals surface area (Å²) in [5, 5.41) is 0. The Morgan fingerprint density at radius 2 is 1.29 bits per heavy atom. The molecule has 0 aliphatic carbocycles. The lowest BCUT2D eigenvalue weighted by Gasteiger charge is -2.24. The van der Waals surface area contributed by atoms with E-state index in [0.29, 0.717) is 13.2 Å². The predicted octanol–water partition coefficient (Wildman–Crippen LogP) is 2.95. The molecule has 0 heterocycles. The molecule has 0 fully saturated rings. The minimum absolute atomic E-state index is 0.165. The molecular formula is C12H22O2. The fraction of sp³-hybridized carbons (Fsp3) is 0.667. The van der Waals surface area contributed by atoms with Gasteiger partial charge in [0.05, 0.1) is 25.4 Å². The van der Waals surface area contributed by atoms with Gasteiger partial charge in [0.2, 0.25) is 0 Å². The van der Waals surface area contributed by atoms with Gasteiger partial charge in [-0.15, -0.1) is 13.2 Å². The number of rotatable bonds is 9. The highest BCUT2D eigenvalue weighted by Gasteiger charge is 2.18. The Hall–Kier alpha value is -0.600. The molecule has 0 aromatic rings. The van der Waals surface area contributed by atoms with Crippen LogP contribution < -0.4 is 0 Å². The Kier molecular flexibility index (Phi) is 8.59. The second kappa shape index (κ2) is 8.97. The Bertz CT molecular complexity index is 136. The Balaban J connectivity index is 3.98. The van der Waals surface area contributed by atoms with E-state index in [-0.39, 0.29) is 12.2 Å². The monoisotopic (exact) mass is 198 g/mol. The van der Waals surface area contributed by atoms with Gasteiger partial charge in [0.25, 0.3) is 0 Å². The van der Waals surface area contributed by atoms with Crippen LogP contribution >= 0.6 is 0 Å². The topological polar surface area (TPSA) is 18.5 Å². The van der Waals surface area contributed by atoms with E-state index in [0.717, 1.165) is 12.8 Å². The first-order chi connectivity index (χ1) is 6.79. The zero-order valence-corrected chi connectivity index (χ0v) is 9.37. The summed E-state index contributed by atoms with van der Waals surface area (Å²) in [5.41, 5.74) is 0. The quantitative estimate of drug-likeness (QED) is 0.530. The van der Waals surface area contributed by atoms with Crippen LogP contribution in [-0.2, 0) is 9.47 Å². The molecule has 0 radical (unpaired) electrons. The summed E-state index contributed by atoms with van der Waals surface area (Å²) in [5.74, 6) is 0. The van der Waals surface area contributed by atoms with Crippen LogP contribution in [0.2, 0.25) is 0 Å². The van der Waals surface area contributed by atoms with E-state index in [1.807, 2.05) is 0 Å². The van der Waals surface area contributed by atoms with Gasteiger partial charge in [0.1, 0.15) is 0 Å². The van der Waals surface area contributed by atoms with E-state index >= 15 is 0 Å². The van der Waals surface area contributed by atoms with E-state index in [1.54, 1.807) is 12.2 Å². The summed E-state index contributed by atoms with van der Waals surface area (Å²) in [4.78, 5) is 0. The fourth-order valence-electron chi connectivity index (χ4n) is 1.36. The van der Waals surface area contributed by atoms with Crippen molar-refractivity contribution in [1.82, 2.24) is 0 Å². The van der Waals surface area contributed by atoms with Crippen molar-refractivity contribution in [3.8, 4) is 0 Å². The molecule has 0 aliphatic heterocycles. The third-order valence-electron chi connectivity index (χ3n) is 2.08. The summed E-state index contributed by atoms with van der Waals surface area (Å²) in [7, 11) is 0. The molecule has 0 aromatic carbocycles. The van der Waals surface area contributed by atoms with E-state index in [2.05, 4.69) is 27.0 Å². The van der Waals surface area contributed by atoms with E-state index in [9.17, 15) is 0 Å². The number of hydrogen-bond donors (Lipinski definition) is 0. The van der Waals surface area contributed by atoms with Crippen LogP contribution in [0.5, 0.6) is 0 Å². The lowest BCUT2D eigenvalue weighted by atomic mass is 10.1. The zero-order chi connectivity index (χ0) is 10.8. The Labute approximate surface area is 87.6 Å². The molecule has 2 nitrogen and oxygen atoms in total. The standard InChI is InChI=1S/C12H22O2/c1-5-9-13-11(7-3)12(8-4)14-10-6-2/h5-6,11-12H,1-2,7-10H2,3-4H3/t11-,12+. The molecule has 0 aliphatic rings. The van der Waals surface area contributed by atoms with Crippen molar-refractivity contribution in [2.24, 2.45) is 0 Å². The van der Waals surface area contributed by atoms with Crippen LogP contribution in [0.25, 0.3) is 0 Å². The van der Waals surface area contributed by atoms with Crippen molar-refractivity contribution in [2.45, 2.75) is 38.9 Å². The van der Waals surface area contributed by atoms with Crippen molar-refractivity contribution >= 4 is 0 Å². The van der Waals surface area contributed by atoms with Gasteiger partial charge in [-0.25, -0.2) is 0 Å². The smallest absolute Gasteiger partial charge is 0.0838 e. The molecule has 0 saturated carbocycles. The molecule has 0 saturated heterocycles. The highest BCUT2D eigenvalue weighted by atomic mass is 16.5. The summed E-state index contributed by atoms with van der Waals surface area (Å²) in [6, 6.07) is 0. The molecule has 0 rings (SSSR count). The minimum atomic E-state index is 0.165. The molecule has 0 bridgehead atoms. The summed E-state index contributed by atoms with van der Waals surface area (Å²) in [6.07, 6.45) is 5.79. The molecule has 0 N–H and O–H groups in total. The van der Waals surface area contributed by atoms with Crippen LogP contribution in [0.4, 0.5) is 0 Å². The second-order valence-corrected chi connectivity index (χ2v) is 3.14. The van der Waals surface area contributed by atoms with Gasteiger partial charge >= 0.3 is 0 Å². The van der Waals surface area contributed by atoms with E-state index < -0.39 is 0 Å². The second-order valence-electron chi connectivity index (χ2n) is 3.14. The predicted molar refractivity (Wildman–Crippen MR) is 60.5 cm³/mol. The third kappa shape index (κ3) is 5.20. The van der Waals surface area contributed by atoms with Crippen LogP contribution in [0.3, 0.4) is 0 Å². The highest BCUT2D eigenvalue weighted by molar-refractivity contribution is 4.74. The largest absolute Gasteiger partial charge is 0.371 e. The van der Waals surface area contributed by atoms with Gasteiger partial charge in [-0.05, 0) is 12.8 Å². The average Bonchev–Trinajstić information content (AvgIpc) is 2.23. The van der Waals surface area contributed by atoms with Crippen molar-refractivity contribution < 1.29 is 9.47 Å². The van der Waals surface area contributed by atoms with Crippen LogP contribution in [-0.4, -0.2) is 25.4 Å². The van der Waals surface area contributed by atoms with Gasteiger partial charge in [0, 0.05) is 0 Å². The molecule has 2 atom stereocenters. The maximum atomic E-state index is 5.61. The Morgan fingerprint density at radius 3 is 1.50 bits per heavy atom. The van der Waals surface area contributed by atoms with Crippen LogP contribution in [0.15, 0.2) is 25.3 Å². The van der Waals surface area contributed by atoms with Gasteiger partial charge in [-0.2, -0.15) is 0 Å². The van der Waals surface area contributed by atoms with Crippen molar-refractivity contribution in [1.29, 1.82) is 0 Å². The van der Waals surface area contributed by atoms with Crippen molar-refractivity contribution in [3.63, 3.8) is 0 Å². The van der Waals surface area contributed by atoms with Gasteiger partial charge in [-0.1, -0.05) is 26.0 Å². The fourth-order valence-corrected chi connectivity index (χ4v) is 1.36. The molecule has 0 unspecified atom stereocenters. The number of ether oxygens (including phenoxy) is 2. The molecule has 82 valence electrons. The average molecular weight is 198 g/mol. The molecule has 14 heavy (non-hydrogen) atoms. The van der Waals surface area contributed by atoms with Crippen molar-refractivity contribution in [2.75, 3.05) is 13.2 Å². The Morgan fingerprint density at radius 1 is 0.929 bits per heavy atom. The molecule has 0 amide bonds. The molecular weight excluding hydrogens is 176 g/mol. The summed E-state index contributed by atoms with van der Waals surface area (Å²) in [6.45, 7) is 12.7. The maximum absolute atomic E-state index is 5.61. The summed E-state index contributed by atoms with van der Waals surface area (Å²) >= 11 is 0. The lowest BCUT2D eigenvalue weighted by molar-refractivity contribution is -0.0607. The van der Waals surface area contributed by atoms with Crippen LogP contribution in [0.1, 0.15) is 26.7 Å². The molecule has 0 aromatic heterocycles.